The van der Waals surface area contributed by atoms with Crippen LogP contribution in [0.15, 0.2) is 11.6 Å². The van der Waals surface area contributed by atoms with E-state index in [4.69, 9.17) is 0 Å². The molecule has 7 nitrogen and oxygen atoms in total. The maximum absolute atomic E-state index is 12.7. The Bertz CT molecular complexity index is 669. The fraction of sp³-hybridized carbons (Fsp3) is 0.733. The number of likely N-dealkylation sites (N-methyl/N-ethyl adjacent to an activating group) is 1. The van der Waals surface area contributed by atoms with Crippen LogP contribution in [0.5, 0.6) is 0 Å². The van der Waals surface area contributed by atoms with Gasteiger partial charge in [-0.05, 0) is 13.3 Å². The molecular weight excluding hydrogens is 348 g/mol. The van der Waals surface area contributed by atoms with Crippen LogP contribution in [0.25, 0.3) is 0 Å². The van der Waals surface area contributed by atoms with Crippen molar-refractivity contribution in [3.63, 3.8) is 0 Å². The summed E-state index contributed by atoms with van der Waals surface area (Å²) in [5, 5.41) is 3.00. The van der Waals surface area contributed by atoms with Crippen molar-refractivity contribution in [1.29, 1.82) is 0 Å². The zero-order valence-corrected chi connectivity index (χ0v) is 15.7. The van der Waals surface area contributed by atoms with E-state index in [0.717, 1.165) is 31.3 Å². The van der Waals surface area contributed by atoms with Crippen LogP contribution in [-0.2, 0) is 14.6 Å². The number of aromatic nitrogens is 1. The largest absolute Gasteiger partial charge is 0.346 e. The number of carbonyl (C=O) groups excluding carboxylic acids is 1. The molecule has 2 aliphatic rings. The van der Waals surface area contributed by atoms with E-state index < -0.39 is 9.84 Å². The third-order valence-electron chi connectivity index (χ3n) is 5.01. The molecule has 0 radical (unpaired) electrons. The molecule has 2 aliphatic heterocycles. The minimum Gasteiger partial charge on any atom is -0.346 e. The minimum atomic E-state index is -2.98. The third-order valence-corrected chi connectivity index (χ3v) is 7.60. The first kappa shape index (κ1) is 17.6. The molecule has 0 spiro atoms. The monoisotopic (exact) mass is 372 g/mol. The van der Waals surface area contributed by atoms with Gasteiger partial charge in [0.2, 0.25) is 5.91 Å². The van der Waals surface area contributed by atoms with Gasteiger partial charge in [0.05, 0.1) is 17.5 Å². The quantitative estimate of drug-likeness (QED) is 0.757. The second-order valence-corrected chi connectivity index (χ2v) is 9.62. The molecular formula is C15H24N4O3S2. The summed E-state index contributed by atoms with van der Waals surface area (Å²) in [6, 6.07) is -0.404. The topological polar surface area (TPSA) is 73.8 Å². The summed E-state index contributed by atoms with van der Waals surface area (Å²) >= 11 is 1.63. The molecule has 3 rings (SSSR count). The average molecular weight is 373 g/mol. The smallest absolute Gasteiger partial charge is 0.239 e. The lowest BCUT2D eigenvalue weighted by Gasteiger charge is -2.39. The average Bonchev–Trinajstić information content (AvgIpc) is 3.22. The van der Waals surface area contributed by atoms with Gasteiger partial charge in [-0.2, -0.15) is 0 Å². The van der Waals surface area contributed by atoms with E-state index in [-0.39, 0.29) is 29.5 Å². The Morgan fingerprint density at radius 2 is 2.08 bits per heavy atom. The van der Waals surface area contributed by atoms with E-state index in [0.29, 0.717) is 6.42 Å². The van der Waals surface area contributed by atoms with Crippen molar-refractivity contribution in [2.75, 3.05) is 49.6 Å². The summed E-state index contributed by atoms with van der Waals surface area (Å²) in [4.78, 5) is 23.1. The molecule has 0 bridgehead atoms. The Kier molecular flexibility index (Phi) is 5.12. The van der Waals surface area contributed by atoms with Crippen LogP contribution in [0.2, 0.25) is 0 Å². The number of amides is 1. The first-order chi connectivity index (χ1) is 11.4. The summed E-state index contributed by atoms with van der Waals surface area (Å²) in [6.07, 6.45) is 2.36. The normalized spacial score (nSPS) is 25.6. The van der Waals surface area contributed by atoms with Gasteiger partial charge >= 0.3 is 0 Å². The van der Waals surface area contributed by atoms with E-state index in [9.17, 15) is 13.2 Å². The highest BCUT2D eigenvalue weighted by molar-refractivity contribution is 7.91. The number of hydrogen-bond donors (Lipinski definition) is 0. The van der Waals surface area contributed by atoms with Crippen molar-refractivity contribution in [1.82, 2.24) is 14.8 Å². The van der Waals surface area contributed by atoms with Crippen LogP contribution in [0, 0.1) is 0 Å². The van der Waals surface area contributed by atoms with E-state index in [1.165, 1.54) is 0 Å². The Hall–Kier alpha value is -1.19. The second-order valence-electron chi connectivity index (χ2n) is 6.52. The molecule has 2 fully saturated rings. The zero-order chi connectivity index (χ0) is 17.3. The van der Waals surface area contributed by atoms with Gasteiger partial charge in [-0.1, -0.05) is 0 Å². The third kappa shape index (κ3) is 3.73. The number of nitrogens with zero attached hydrogens (tertiary/aromatic N) is 4. The highest BCUT2D eigenvalue weighted by Gasteiger charge is 2.36. The van der Waals surface area contributed by atoms with Gasteiger partial charge in [0, 0.05) is 50.8 Å². The molecule has 2 atom stereocenters. The Morgan fingerprint density at radius 3 is 2.62 bits per heavy atom. The van der Waals surface area contributed by atoms with Crippen LogP contribution in [-0.4, -0.2) is 85.9 Å². The van der Waals surface area contributed by atoms with Gasteiger partial charge < -0.3 is 9.80 Å². The molecule has 0 N–H and O–H groups in total. The zero-order valence-electron chi connectivity index (χ0n) is 14.1. The number of thiazole rings is 1. The molecule has 0 saturated carbocycles. The first-order valence-corrected chi connectivity index (χ1v) is 10.9. The fourth-order valence-electron chi connectivity index (χ4n) is 3.38. The van der Waals surface area contributed by atoms with Crippen molar-refractivity contribution >= 4 is 32.2 Å². The molecule has 1 aromatic rings. The van der Waals surface area contributed by atoms with Gasteiger partial charge in [-0.3, -0.25) is 9.69 Å². The van der Waals surface area contributed by atoms with Crippen molar-refractivity contribution in [2.24, 2.45) is 0 Å². The molecule has 24 heavy (non-hydrogen) atoms. The SMILES string of the molecule is C[C@@H](C(=O)N(C)[C@H]1CCS(=O)(=O)C1)N1CCN(c2nccs2)CC1. The summed E-state index contributed by atoms with van der Waals surface area (Å²) in [5.74, 6) is 0.301. The number of carbonyl (C=O) groups is 1. The molecule has 2 saturated heterocycles. The van der Waals surface area contributed by atoms with Gasteiger partial charge in [0.1, 0.15) is 0 Å². The predicted octanol–water partition coefficient (Wildman–Crippen LogP) is 0.299. The highest BCUT2D eigenvalue weighted by atomic mass is 32.2. The Labute approximate surface area is 147 Å². The molecule has 0 aliphatic carbocycles. The molecule has 0 aromatic carbocycles. The van der Waals surface area contributed by atoms with E-state index in [2.05, 4.69) is 14.8 Å². The van der Waals surface area contributed by atoms with E-state index in [1.54, 1.807) is 23.3 Å². The van der Waals surface area contributed by atoms with Crippen LogP contribution in [0.1, 0.15) is 13.3 Å². The van der Waals surface area contributed by atoms with Crippen molar-refractivity contribution < 1.29 is 13.2 Å². The van der Waals surface area contributed by atoms with Gasteiger partial charge in [0.15, 0.2) is 15.0 Å². The Morgan fingerprint density at radius 1 is 1.38 bits per heavy atom. The summed E-state index contributed by atoms with van der Waals surface area (Å²) in [7, 11) is -1.24. The van der Waals surface area contributed by atoms with Crippen LogP contribution < -0.4 is 4.90 Å². The summed E-state index contributed by atoms with van der Waals surface area (Å²) < 4.78 is 23.3. The number of sulfone groups is 1. The van der Waals surface area contributed by atoms with Crippen LogP contribution in [0.4, 0.5) is 5.13 Å². The maximum Gasteiger partial charge on any atom is 0.239 e. The van der Waals surface area contributed by atoms with Crippen molar-refractivity contribution in [3.8, 4) is 0 Å². The highest BCUT2D eigenvalue weighted by Crippen LogP contribution is 2.21. The number of piperazine rings is 1. The second kappa shape index (κ2) is 6.97. The lowest BCUT2D eigenvalue weighted by molar-refractivity contribution is -0.136. The number of rotatable bonds is 4. The lowest BCUT2D eigenvalue weighted by atomic mass is 10.1. The fourth-order valence-corrected chi connectivity index (χ4v) is 5.86. The van der Waals surface area contributed by atoms with Gasteiger partial charge in [-0.15, -0.1) is 11.3 Å². The van der Waals surface area contributed by atoms with Crippen LogP contribution in [0.3, 0.4) is 0 Å². The first-order valence-electron chi connectivity index (χ1n) is 8.23. The molecule has 1 aromatic heterocycles. The van der Waals surface area contributed by atoms with Crippen LogP contribution >= 0.6 is 11.3 Å². The molecule has 134 valence electrons. The maximum atomic E-state index is 12.7. The van der Waals surface area contributed by atoms with Crippen molar-refractivity contribution in [2.45, 2.75) is 25.4 Å². The van der Waals surface area contributed by atoms with E-state index >= 15 is 0 Å². The molecule has 1 amide bonds. The van der Waals surface area contributed by atoms with E-state index in [1.807, 2.05) is 18.5 Å². The standard InChI is InChI=1S/C15H24N4O3S2/c1-12(14(20)17(2)13-3-10-24(21,22)11-13)18-5-7-19(8-6-18)15-16-4-9-23-15/h4,9,12-13H,3,5-8,10-11H2,1-2H3/t12-,13-/m0/s1. The number of anilines is 1. The number of hydrogen-bond acceptors (Lipinski definition) is 7. The van der Waals surface area contributed by atoms with Gasteiger partial charge in [0.25, 0.3) is 0 Å². The Balaban J connectivity index is 1.55. The minimum absolute atomic E-state index is 0.0137. The van der Waals surface area contributed by atoms with Gasteiger partial charge in [-0.25, -0.2) is 13.4 Å². The predicted molar refractivity (Wildman–Crippen MR) is 95.2 cm³/mol. The molecule has 9 heteroatoms. The summed E-state index contributed by atoms with van der Waals surface area (Å²) in [6.45, 7) is 5.24. The molecule has 0 unspecified atom stereocenters. The molecule has 3 heterocycles. The van der Waals surface area contributed by atoms with Crippen molar-refractivity contribution in [3.05, 3.63) is 11.6 Å². The summed E-state index contributed by atoms with van der Waals surface area (Å²) in [5.41, 5.74) is 0. The lowest BCUT2D eigenvalue weighted by Crippen LogP contribution is -2.55.